The number of nitrogens with one attached hydrogen (secondary N) is 1. The fourth-order valence-corrected chi connectivity index (χ4v) is 4.04. The van der Waals surface area contributed by atoms with Crippen molar-refractivity contribution < 1.29 is 14.3 Å². The van der Waals surface area contributed by atoms with Crippen molar-refractivity contribution in [3.8, 4) is 0 Å². The highest BCUT2D eigenvalue weighted by Crippen LogP contribution is 2.29. The van der Waals surface area contributed by atoms with Crippen molar-refractivity contribution in [2.24, 2.45) is 5.92 Å². The van der Waals surface area contributed by atoms with Crippen molar-refractivity contribution >= 4 is 23.4 Å². The first-order valence-electron chi connectivity index (χ1n) is 9.92. The van der Waals surface area contributed by atoms with Gasteiger partial charge in [-0.3, -0.25) is 9.59 Å². The predicted octanol–water partition coefficient (Wildman–Crippen LogP) is 3.37. The Labute approximate surface area is 166 Å². The maximum Gasteiger partial charge on any atom is 0.249 e. The summed E-state index contributed by atoms with van der Waals surface area (Å²) in [6.07, 6.45) is 3.08. The van der Waals surface area contributed by atoms with E-state index in [1.54, 1.807) is 0 Å². The highest BCUT2D eigenvalue weighted by Gasteiger charge is 2.34. The lowest BCUT2D eigenvalue weighted by molar-refractivity contribution is -0.141. The minimum atomic E-state index is -0.492. The van der Waals surface area contributed by atoms with Crippen molar-refractivity contribution in [3.05, 3.63) is 34.9 Å². The molecule has 0 saturated carbocycles. The van der Waals surface area contributed by atoms with Crippen LogP contribution in [-0.4, -0.2) is 48.6 Å². The summed E-state index contributed by atoms with van der Waals surface area (Å²) in [4.78, 5) is 27.3. The van der Waals surface area contributed by atoms with Crippen LogP contribution in [0.5, 0.6) is 0 Å². The summed E-state index contributed by atoms with van der Waals surface area (Å²) in [5, 5.41) is 3.68. The molecule has 0 radical (unpaired) electrons. The molecule has 0 aliphatic carbocycles. The Balaban J connectivity index is 1.57. The molecule has 2 heterocycles. The highest BCUT2D eigenvalue weighted by atomic mass is 35.5. The Bertz CT molecular complexity index is 648. The maximum absolute atomic E-state index is 13.0. The van der Waals surface area contributed by atoms with E-state index in [1.165, 1.54) is 5.56 Å². The molecule has 0 aromatic heterocycles. The summed E-state index contributed by atoms with van der Waals surface area (Å²) in [7, 11) is 0. The van der Waals surface area contributed by atoms with Gasteiger partial charge in [0, 0.05) is 24.7 Å². The number of ether oxygens (including phenoxy) is 1. The summed E-state index contributed by atoms with van der Waals surface area (Å²) >= 11 is 5.97. The first-order valence-corrected chi connectivity index (χ1v) is 10.3. The molecule has 148 valence electrons. The number of hydrogen-bond acceptors (Lipinski definition) is 3. The fourth-order valence-electron chi connectivity index (χ4n) is 3.91. The first-order chi connectivity index (χ1) is 13.0. The number of carbonyl (C=O) groups is 2. The van der Waals surface area contributed by atoms with Gasteiger partial charge in [-0.2, -0.15) is 0 Å². The zero-order valence-electron chi connectivity index (χ0n) is 16.1. The summed E-state index contributed by atoms with van der Waals surface area (Å²) < 4.78 is 5.45. The molecule has 1 aromatic rings. The van der Waals surface area contributed by atoms with Gasteiger partial charge in [0.1, 0.15) is 12.1 Å². The number of carbonyl (C=O) groups excluding carboxylic acids is 2. The Morgan fingerprint density at radius 3 is 2.37 bits per heavy atom. The van der Waals surface area contributed by atoms with Crippen LogP contribution in [0.3, 0.4) is 0 Å². The lowest BCUT2D eigenvalue weighted by Gasteiger charge is -2.35. The SMILES string of the molecule is CC(C)C(NC(=O)C1CCCO1)C(=O)N1CCC(c2ccc(Cl)cc2)CC1. The molecule has 3 rings (SSSR count). The van der Waals surface area contributed by atoms with Crippen LogP contribution in [0, 0.1) is 5.92 Å². The Kier molecular flexibility index (Phi) is 6.77. The molecule has 1 N–H and O–H groups in total. The number of rotatable bonds is 5. The molecule has 27 heavy (non-hydrogen) atoms. The van der Waals surface area contributed by atoms with E-state index in [-0.39, 0.29) is 17.7 Å². The van der Waals surface area contributed by atoms with E-state index in [1.807, 2.05) is 30.9 Å². The normalized spacial score (nSPS) is 22.1. The van der Waals surface area contributed by atoms with Crippen LogP contribution >= 0.6 is 11.6 Å². The molecule has 0 spiro atoms. The van der Waals surface area contributed by atoms with Gasteiger partial charge >= 0.3 is 0 Å². The van der Waals surface area contributed by atoms with Crippen molar-refractivity contribution in [2.75, 3.05) is 19.7 Å². The van der Waals surface area contributed by atoms with E-state index in [2.05, 4.69) is 17.4 Å². The fraction of sp³-hybridized carbons (Fsp3) is 0.619. The second-order valence-corrected chi connectivity index (χ2v) is 8.32. The molecule has 0 bridgehead atoms. The minimum Gasteiger partial charge on any atom is -0.368 e. The molecule has 2 unspecified atom stereocenters. The zero-order chi connectivity index (χ0) is 19.4. The van der Waals surface area contributed by atoms with Gasteiger partial charge in [-0.25, -0.2) is 0 Å². The topological polar surface area (TPSA) is 58.6 Å². The molecule has 6 heteroatoms. The molecule has 2 fully saturated rings. The van der Waals surface area contributed by atoms with E-state index < -0.39 is 12.1 Å². The number of likely N-dealkylation sites (tertiary alicyclic amines) is 1. The second-order valence-electron chi connectivity index (χ2n) is 7.88. The van der Waals surface area contributed by atoms with Gasteiger partial charge in [-0.15, -0.1) is 0 Å². The van der Waals surface area contributed by atoms with E-state index >= 15 is 0 Å². The van der Waals surface area contributed by atoms with E-state index in [0.717, 1.165) is 30.7 Å². The average Bonchev–Trinajstić information content (AvgIpc) is 3.21. The third-order valence-corrected chi connectivity index (χ3v) is 5.85. The molecule has 2 aliphatic heterocycles. The second kappa shape index (κ2) is 9.07. The summed E-state index contributed by atoms with van der Waals surface area (Å²) in [5.74, 6) is 0.351. The van der Waals surface area contributed by atoms with Crippen molar-refractivity contribution in [1.82, 2.24) is 10.2 Å². The Hall–Kier alpha value is -1.59. The number of piperidine rings is 1. The molecule has 2 atom stereocenters. The third-order valence-electron chi connectivity index (χ3n) is 5.60. The third kappa shape index (κ3) is 5.02. The van der Waals surface area contributed by atoms with Gasteiger partial charge in [-0.1, -0.05) is 37.6 Å². The van der Waals surface area contributed by atoms with Crippen LogP contribution in [0.25, 0.3) is 0 Å². The molecular formula is C21H29ClN2O3. The summed E-state index contributed by atoms with van der Waals surface area (Å²) in [6.45, 7) is 5.99. The van der Waals surface area contributed by atoms with Gasteiger partial charge in [0.2, 0.25) is 11.8 Å². The minimum absolute atomic E-state index is 0.0194. The lowest BCUT2D eigenvalue weighted by Crippen LogP contribution is -2.54. The number of benzene rings is 1. The Morgan fingerprint density at radius 2 is 1.81 bits per heavy atom. The van der Waals surface area contributed by atoms with Crippen LogP contribution < -0.4 is 5.32 Å². The lowest BCUT2D eigenvalue weighted by atomic mass is 9.89. The zero-order valence-corrected chi connectivity index (χ0v) is 16.9. The van der Waals surface area contributed by atoms with Crippen LogP contribution in [-0.2, 0) is 14.3 Å². The van der Waals surface area contributed by atoms with E-state index in [9.17, 15) is 9.59 Å². The maximum atomic E-state index is 13.0. The van der Waals surface area contributed by atoms with E-state index in [4.69, 9.17) is 16.3 Å². The highest BCUT2D eigenvalue weighted by molar-refractivity contribution is 6.30. The largest absolute Gasteiger partial charge is 0.368 e. The molecule has 2 amide bonds. The molecular weight excluding hydrogens is 364 g/mol. The Morgan fingerprint density at radius 1 is 1.15 bits per heavy atom. The molecule has 2 saturated heterocycles. The van der Waals surface area contributed by atoms with Gasteiger partial charge < -0.3 is 15.0 Å². The number of hydrogen-bond donors (Lipinski definition) is 1. The van der Waals surface area contributed by atoms with Gasteiger partial charge in [0.25, 0.3) is 0 Å². The van der Waals surface area contributed by atoms with Gasteiger partial charge in [0.05, 0.1) is 0 Å². The summed E-state index contributed by atoms with van der Waals surface area (Å²) in [5.41, 5.74) is 1.28. The van der Waals surface area contributed by atoms with Crippen LogP contribution in [0.2, 0.25) is 5.02 Å². The van der Waals surface area contributed by atoms with Crippen LogP contribution in [0.1, 0.15) is 51.0 Å². The molecule has 2 aliphatic rings. The van der Waals surface area contributed by atoms with Crippen LogP contribution in [0.15, 0.2) is 24.3 Å². The number of nitrogens with zero attached hydrogens (tertiary/aromatic N) is 1. The quantitative estimate of drug-likeness (QED) is 0.835. The van der Waals surface area contributed by atoms with Gasteiger partial charge in [0.15, 0.2) is 0 Å². The molecule has 1 aromatic carbocycles. The smallest absolute Gasteiger partial charge is 0.249 e. The summed E-state index contributed by atoms with van der Waals surface area (Å²) in [6, 6.07) is 7.49. The standard InChI is InChI=1S/C21H29ClN2O3/c1-14(2)19(23-20(25)18-4-3-13-27-18)21(26)24-11-9-16(10-12-24)15-5-7-17(22)8-6-15/h5-8,14,16,18-19H,3-4,9-13H2,1-2H3,(H,23,25). The van der Waals surface area contributed by atoms with Gasteiger partial charge in [-0.05, 0) is 55.2 Å². The van der Waals surface area contributed by atoms with Crippen molar-refractivity contribution in [1.29, 1.82) is 0 Å². The monoisotopic (exact) mass is 392 g/mol. The van der Waals surface area contributed by atoms with Crippen molar-refractivity contribution in [2.45, 2.75) is 57.6 Å². The number of halogens is 1. The first kappa shape index (κ1) is 20.2. The molecule has 5 nitrogen and oxygen atoms in total. The van der Waals surface area contributed by atoms with E-state index in [0.29, 0.717) is 25.6 Å². The number of amides is 2. The predicted molar refractivity (Wildman–Crippen MR) is 106 cm³/mol. The van der Waals surface area contributed by atoms with Crippen molar-refractivity contribution in [3.63, 3.8) is 0 Å². The van der Waals surface area contributed by atoms with Crippen LogP contribution in [0.4, 0.5) is 0 Å². The average molecular weight is 393 g/mol.